The molecule has 0 aliphatic carbocycles. The van der Waals surface area contributed by atoms with Crippen molar-refractivity contribution in [3.8, 4) is 0 Å². The first-order chi connectivity index (χ1) is 6.25. The molecule has 0 aliphatic heterocycles. The van der Waals surface area contributed by atoms with Crippen molar-refractivity contribution in [3.05, 3.63) is 15.8 Å². The van der Waals surface area contributed by atoms with E-state index in [1.54, 1.807) is 11.6 Å². The fourth-order valence-electron chi connectivity index (χ4n) is 1.39. The van der Waals surface area contributed by atoms with Gasteiger partial charge < -0.3 is 0 Å². The van der Waals surface area contributed by atoms with Gasteiger partial charge in [0.25, 0.3) is 0 Å². The van der Waals surface area contributed by atoms with Crippen LogP contribution in [-0.4, -0.2) is 22.6 Å². The molecule has 5 nitrogen and oxygen atoms in total. The van der Waals surface area contributed by atoms with Gasteiger partial charge in [-0.25, -0.2) is 0 Å². The minimum Gasteiger partial charge on any atom is -0.258 e. The first-order valence-electron chi connectivity index (χ1n) is 4.25. The third-order valence-electron chi connectivity index (χ3n) is 1.93. The molecule has 74 valence electrons. The first kappa shape index (κ1) is 10.8. The van der Waals surface area contributed by atoms with Crippen molar-refractivity contribution in [1.82, 2.24) is 9.78 Å². The van der Waals surface area contributed by atoms with E-state index in [-0.39, 0.29) is 16.8 Å². The predicted octanol–water partition coefficient (Wildman–Crippen LogP) is 0.649. The van der Waals surface area contributed by atoms with Crippen molar-refractivity contribution in [2.24, 2.45) is 0 Å². The Morgan fingerprint density at radius 1 is 1.50 bits per heavy atom. The summed E-state index contributed by atoms with van der Waals surface area (Å²) in [4.78, 5) is 10.2. The van der Waals surface area contributed by atoms with Gasteiger partial charge in [0.05, 0.1) is 16.1 Å². The van der Waals surface area contributed by atoms with Crippen LogP contribution in [0.4, 0.5) is 5.69 Å². The molecule has 6 heteroatoms. The monoisotopic (exact) mass is 193 g/mol. The lowest BCUT2D eigenvalue weighted by Crippen LogP contribution is -2.25. The van der Waals surface area contributed by atoms with Crippen LogP contribution in [0.2, 0.25) is 0 Å². The van der Waals surface area contributed by atoms with Crippen molar-refractivity contribution in [1.29, 1.82) is 0 Å². The smallest absolute Gasteiger partial charge is 0.258 e. The minimum absolute atomic E-state index is 0.0255. The minimum atomic E-state index is -0.500. The molecule has 0 unspecified atom stereocenters. The Bertz CT molecular complexity index is 379. The molecule has 1 heterocycles. The standard InChI is InChI=1S/C8H12BN3O2/c1-5-6(12(13)14)7(9)10-11(5)8(2,3)4/h1-4H3. The second-order valence-electron chi connectivity index (χ2n) is 4.16. The summed E-state index contributed by atoms with van der Waals surface area (Å²) in [6, 6.07) is 0. The topological polar surface area (TPSA) is 61.0 Å². The third-order valence-corrected chi connectivity index (χ3v) is 1.93. The summed E-state index contributed by atoms with van der Waals surface area (Å²) >= 11 is 0. The predicted molar refractivity (Wildman–Crippen MR) is 54.0 cm³/mol. The van der Waals surface area contributed by atoms with Gasteiger partial charge in [-0.15, -0.1) is 0 Å². The van der Waals surface area contributed by atoms with E-state index in [0.717, 1.165) is 0 Å². The van der Waals surface area contributed by atoms with Crippen LogP contribution in [0.5, 0.6) is 0 Å². The molecular formula is C8H12BN3O2. The maximum Gasteiger partial charge on any atom is 0.302 e. The Hall–Kier alpha value is -1.33. The van der Waals surface area contributed by atoms with E-state index in [0.29, 0.717) is 5.69 Å². The van der Waals surface area contributed by atoms with Gasteiger partial charge in [-0.05, 0) is 27.7 Å². The zero-order valence-corrected chi connectivity index (χ0v) is 8.74. The lowest BCUT2D eigenvalue weighted by Gasteiger charge is -2.20. The van der Waals surface area contributed by atoms with Crippen molar-refractivity contribution in [3.63, 3.8) is 0 Å². The summed E-state index contributed by atoms with van der Waals surface area (Å²) < 4.78 is 1.57. The first-order valence-corrected chi connectivity index (χ1v) is 4.25. The molecule has 0 saturated heterocycles. The van der Waals surface area contributed by atoms with Crippen molar-refractivity contribution in [2.75, 3.05) is 0 Å². The molecule has 0 aromatic carbocycles. The molecule has 0 aliphatic rings. The number of rotatable bonds is 1. The molecule has 0 bridgehead atoms. The zero-order valence-electron chi connectivity index (χ0n) is 8.74. The van der Waals surface area contributed by atoms with Crippen molar-refractivity contribution >= 4 is 19.1 Å². The maximum atomic E-state index is 10.7. The van der Waals surface area contributed by atoms with Crippen LogP contribution in [0.3, 0.4) is 0 Å². The highest BCUT2D eigenvalue weighted by Gasteiger charge is 2.26. The molecule has 2 radical (unpaired) electrons. The normalized spacial score (nSPS) is 11.7. The lowest BCUT2D eigenvalue weighted by molar-refractivity contribution is -0.384. The largest absolute Gasteiger partial charge is 0.302 e. The average Bonchev–Trinajstić information content (AvgIpc) is 2.24. The van der Waals surface area contributed by atoms with Gasteiger partial charge in [0, 0.05) is 0 Å². The van der Waals surface area contributed by atoms with E-state index >= 15 is 0 Å². The number of nitrogens with zero attached hydrogens (tertiary/aromatic N) is 3. The van der Waals surface area contributed by atoms with Crippen LogP contribution in [0.25, 0.3) is 0 Å². The summed E-state index contributed by atoms with van der Waals surface area (Å²) in [5.41, 5.74) is 0.0641. The molecule has 1 rings (SSSR count). The van der Waals surface area contributed by atoms with E-state index in [2.05, 4.69) is 5.10 Å². The van der Waals surface area contributed by atoms with E-state index < -0.39 is 4.92 Å². The Balaban J connectivity index is 3.39. The van der Waals surface area contributed by atoms with Crippen LogP contribution in [-0.2, 0) is 5.54 Å². The summed E-state index contributed by atoms with van der Waals surface area (Å²) in [5.74, 6) is 0. The second-order valence-corrected chi connectivity index (χ2v) is 4.16. The Morgan fingerprint density at radius 3 is 2.21 bits per heavy atom. The molecule has 1 aromatic rings. The van der Waals surface area contributed by atoms with Crippen LogP contribution in [0.15, 0.2) is 0 Å². The molecule has 0 N–H and O–H groups in total. The van der Waals surface area contributed by atoms with Crippen molar-refractivity contribution < 1.29 is 4.92 Å². The highest BCUT2D eigenvalue weighted by molar-refractivity contribution is 6.33. The van der Waals surface area contributed by atoms with Gasteiger partial charge in [0.15, 0.2) is 7.85 Å². The molecule has 0 amide bonds. The summed E-state index contributed by atoms with van der Waals surface area (Å²) in [6.07, 6.45) is 0. The van der Waals surface area contributed by atoms with E-state index in [4.69, 9.17) is 7.85 Å². The number of nitro groups is 1. The average molecular weight is 193 g/mol. The SMILES string of the molecule is [B]c1nn(C(C)(C)C)c(C)c1[N+](=O)[O-]. The molecular weight excluding hydrogens is 181 g/mol. The van der Waals surface area contributed by atoms with Crippen LogP contribution < -0.4 is 5.59 Å². The summed E-state index contributed by atoms with van der Waals surface area (Å²) in [6.45, 7) is 7.38. The molecule has 1 aromatic heterocycles. The van der Waals surface area contributed by atoms with Gasteiger partial charge in [-0.2, -0.15) is 5.10 Å². The van der Waals surface area contributed by atoms with E-state index in [1.165, 1.54) is 0 Å². The third kappa shape index (κ3) is 1.64. The molecule has 14 heavy (non-hydrogen) atoms. The zero-order chi connectivity index (χ0) is 11.1. The van der Waals surface area contributed by atoms with Gasteiger partial charge >= 0.3 is 5.69 Å². The highest BCUT2D eigenvalue weighted by Crippen LogP contribution is 2.21. The number of hydrogen-bond acceptors (Lipinski definition) is 3. The molecule has 0 spiro atoms. The number of aromatic nitrogens is 2. The van der Waals surface area contributed by atoms with Crippen LogP contribution in [0, 0.1) is 17.0 Å². The fraction of sp³-hybridized carbons (Fsp3) is 0.625. The second kappa shape index (κ2) is 3.11. The summed E-state index contributed by atoms with van der Waals surface area (Å²) in [5, 5.41) is 14.6. The maximum absolute atomic E-state index is 10.7. The lowest BCUT2D eigenvalue weighted by atomic mass is 10.0. The fourth-order valence-corrected chi connectivity index (χ4v) is 1.39. The van der Waals surface area contributed by atoms with Crippen LogP contribution >= 0.6 is 0 Å². The molecule has 0 atom stereocenters. The van der Waals surface area contributed by atoms with Gasteiger partial charge in [-0.3, -0.25) is 14.8 Å². The highest BCUT2D eigenvalue weighted by atomic mass is 16.6. The molecule has 0 saturated carbocycles. The van der Waals surface area contributed by atoms with Gasteiger partial charge in [0.2, 0.25) is 0 Å². The van der Waals surface area contributed by atoms with Gasteiger partial charge in [-0.1, -0.05) is 0 Å². The quantitative estimate of drug-likeness (QED) is 0.373. The molecule has 0 fully saturated rings. The Labute approximate surface area is 83.7 Å². The Morgan fingerprint density at radius 2 is 2.00 bits per heavy atom. The Kier molecular flexibility index (Phi) is 2.39. The van der Waals surface area contributed by atoms with Gasteiger partial charge in [0.1, 0.15) is 5.69 Å². The van der Waals surface area contributed by atoms with Crippen LogP contribution in [0.1, 0.15) is 26.5 Å². The summed E-state index contributed by atoms with van der Waals surface area (Å²) in [7, 11) is 5.47. The van der Waals surface area contributed by atoms with Crippen molar-refractivity contribution in [2.45, 2.75) is 33.2 Å². The number of hydrogen-bond donors (Lipinski definition) is 0. The van der Waals surface area contributed by atoms with E-state index in [1.807, 2.05) is 20.8 Å². The van der Waals surface area contributed by atoms with E-state index in [9.17, 15) is 10.1 Å².